The number of pyridine rings is 1. The molecule has 0 radical (unpaired) electrons. The van der Waals surface area contributed by atoms with Crippen molar-refractivity contribution >= 4 is 34.0 Å². The van der Waals surface area contributed by atoms with Crippen LogP contribution in [0.4, 0.5) is 5.13 Å². The Labute approximate surface area is 120 Å². The van der Waals surface area contributed by atoms with E-state index < -0.39 is 0 Å². The number of carbonyl (C=O) groups is 1. The van der Waals surface area contributed by atoms with Crippen LogP contribution in [0.2, 0.25) is 5.15 Å². The van der Waals surface area contributed by atoms with E-state index in [1.165, 1.54) is 17.5 Å². The van der Waals surface area contributed by atoms with Crippen molar-refractivity contribution < 1.29 is 4.79 Å². The lowest BCUT2D eigenvalue weighted by atomic mass is 10.1. The molecule has 2 rings (SSSR count). The fourth-order valence-electron chi connectivity index (χ4n) is 1.46. The van der Waals surface area contributed by atoms with Crippen molar-refractivity contribution in [3.05, 3.63) is 34.1 Å². The highest BCUT2D eigenvalue weighted by atomic mass is 35.5. The quantitative estimate of drug-likeness (QED) is 0.881. The van der Waals surface area contributed by atoms with Crippen molar-refractivity contribution in [1.29, 1.82) is 0 Å². The SMILES string of the molecule is CC(C)Cc1nnc(NC(=O)c2cccnc2Cl)s1. The largest absolute Gasteiger partial charge is 0.296 e. The molecule has 19 heavy (non-hydrogen) atoms. The van der Waals surface area contributed by atoms with Crippen LogP contribution >= 0.6 is 22.9 Å². The molecule has 2 aromatic rings. The Morgan fingerprint density at radius 2 is 2.26 bits per heavy atom. The first kappa shape index (κ1) is 13.9. The number of nitrogens with zero attached hydrogens (tertiary/aromatic N) is 3. The first-order valence-electron chi connectivity index (χ1n) is 5.80. The van der Waals surface area contributed by atoms with E-state index >= 15 is 0 Å². The van der Waals surface area contributed by atoms with Crippen LogP contribution in [0.3, 0.4) is 0 Å². The van der Waals surface area contributed by atoms with Gasteiger partial charge in [-0.25, -0.2) is 4.98 Å². The van der Waals surface area contributed by atoms with Gasteiger partial charge in [-0.15, -0.1) is 10.2 Å². The maximum absolute atomic E-state index is 12.0. The molecule has 1 amide bonds. The maximum atomic E-state index is 12.0. The minimum absolute atomic E-state index is 0.173. The molecule has 100 valence electrons. The Hall–Kier alpha value is -1.53. The van der Waals surface area contributed by atoms with Gasteiger partial charge in [0.25, 0.3) is 5.91 Å². The summed E-state index contributed by atoms with van der Waals surface area (Å²) >= 11 is 7.23. The van der Waals surface area contributed by atoms with Crippen LogP contribution in [0, 0.1) is 5.92 Å². The van der Waals surface area contributed by atoms with Gasteiger partial charge in [0.05, 0.1) is 5.56 Å². The summed E-state index contributed by atoms with van der Waals surface area (Å²) in [6, 6.07) is 3.27. The first-order chi connectivity index (χ1) is 9.06. The topological polar surface area (TPSA) is 67.8 Å². The Balaban J connectivity index is 2.07. The molecule has 0 unspecified atom stereocenters. The number of anilines is 1. The molecule has 0 fully saturated rings. The van der Waals surface area contributed by atoms with E-state index in [-0.39, 0.29) is 11.1 Å². The molecule has 7 heteroatoms. The molecule has 2 aromatic heterocycles. The smallest absolute Gasteiger partial charge is 0.260 e. The number of carbonyl (C=O) groups excluding carboxylic acids is 1. The zero-order chi connectivity index (χ0) is 13.8. The van der Waals surface area contributed by atoms with E-state index in [1.807, 2.05) is 0 Å². The van der Waals surface area contributed by atoms with Gasteiger partial charge in [-0.1, -0.05) is 36.8 Å². The van der Waals surface area contributed by atoms with Crippen LogP contribution in [0.1, 0.15) is 29.2 Å². The summed E-state index contributed by atoms with van der Waals surface area (Å²) in [7, 11) is 0. The summed E-state index contributed by atoms with van der Waals surface area (Å²) in [6.07, 6.45) is 2.38. The van der Waals surface area contributed by atoms with E-state index in [0.29, 0.717) is 16.6 Å². The number of amides is 1. The molecule has 0 aliphatic heterocycles. The Morgan fingerprint density at radius 1 is 1.47 bits per heavy atom. The molecular formula is C12H13ClN4OS. The van der Waals surface area contributed by atoms with Gasteiger partial charge in [-0.2, -0.15) is 0 Å². The summed E-state index contributed by atoms with van der Waals surface area (Å²) in [5, 5.41) is 12.2. The molecule has 0 saturated carbocycles. The lowest BCUT2D eigenvalue weighted by molar-refractivity contribution is 0.102. The second-order valence-corrected chi connectivity index (χ2v) is 5.81. The normalized spacial score (nSPS) is 10.7. The molecule has 2 heterocycles. The van der Waals surface area contributed by atoms with Gasteiger partial charge in [0.15, 0.2) is 0 Å². The molecular weight excluding hydrogens is 284 g/mol. The van der Waals surface area contributed by atoms with Gasteiger partial charge in [-0.3, -0.25) is 10.1 Å². The van der Waals surface area contributed by atoms with Crippen molar-refractivity contribution in [1.82, 2.24) is 15.2 Å². The third-order valence-corrected chi connectivity index (χ3v) is 3.44. The zero-order valence-corrected chi connectivity index (χ0v) is 12.1. The Bertz CT molecular complexity index is 585. The van der Waals surface area contributed by atoms with E-state index in [9.17, 15) is 4.79 Å². The Morgan fingerprint density at radius 3 is 2.95 bits per heavy atom. The van der Waals surface area contributed by atoms with Gasteiger partial charge >= 0.3 is 0 Å². The van der Waals surface area contributed by atoms with Crippen molar-refractivity contribution in [3.8, 4) is 0 Å². The molecule has 0 bridgehead atoms. The van der Waals surface area contributed by atoms with Gasteiger partial charge < -0.3 is 0 Å². The molecule has 0 aliphatic carbocycles. The molecule has 5 nitrogen and oxygen atoms in total. The van der Waals surface area contributed by atoms with Crippen molar-refractivity contribution in [2.24, 2.45) is 5.92 Å². The molecule has 0 spiro atoms. The summed E-state index contributed by atoms with van der Waals surface area (Å²) in [6.45, 7) is 4.21. The lowest BCUT2D eigenvalue weighted by Gasteiger charge is -2.02. The molecule has 0 aliphatic rings. The number of rotatable bonds is 4. The maximum Gasteiger partial charge on any atom is 0.260 e. The second-order valence-electron chi connectivity index (χ2n) is 4.39. The zero-order valence-electron chi connectivity index (χ0n) is 10.6. The number of halogens is 1. The number of aromatic nitrogens is 3. The molecule has 1 N–H and O–H groups in total. The lowest BCUT2D eigenvalue weighted by Crippen LogP contribution is -2.12. The summed E-state index contributed by atoms with van der Waals surface area (Å²) in [5.74, 6) is 0.176. The minimum Gasteiger partial charge on any atom is -0.296 e. The van der Waals surface area contributed by atoms with E-state index in [0.717, 1.165) is 11.4 Å². The third kappa shape index (κ3) is 3.71. The Kier molecular flexibility index (Phi) is 4.44. The third-order valence-electron chi connectivity index (χ3n) is 2.27. The van der Waals surface area contributed by atoms with Crippen molar-refractivity contribution in [2.45, 2.75) is 20.3 Å². The van der Waals surface area contributed by atoms with Gasteiger partial charge in [0, 0.05) is 12.6 Å². The number of hydrogen-bond acceptors (Lipinski definition) is 5. The van der Waals surface area contributed by atoms with Crippen LogP contribution < -0.4 is 5.32 Å². The first-order valence-corrected chi connectivity index (χ1v) is 7.00. The van der Waals surface area contributed by atoms with Gasteiger partial charge in [0.2, 0.25) is 5.13 Å². The van der Waals surface area contributed by atoms with Crippen molar-refractivity contribution in [2.75, 3.05) is 5.32 Å². The number of hydrogen-bond donors (Lipinski definition) is 1. The van der Waals surface area contributed by atoms with Crippen molar-refractivity contribution in [3.63, 3.8) is 0 Å². The average Bonchev–Trinajstić information content (AvgIpc) is 2.76. The highest BCUT2D eigenvalue weighted by Gasteiger charge is 2.13. The van der Waals surface area contributed by atoms with E-state index in [2.05, 4.69) is 34.3 Å². The predicted octanol–water partition coefficient (Wildman–Crippen LogP) is 3.04. The highest BCUT2D eigenvalue weighted by molar-refractivity contribution is 7.15. The van der Waals surface area contributed by atoms with Gasteiger partial charge in [0.1, 0.15) is 10.2 Å². The summed E-state index contributed by atoms with van der Waals surface area (Å²) in [4.78, 5) is 15.8. The predicted molar refractivity (Wildman–Crippen MR) is 75.7 cm³/mol. The molecule has 0 saturated heterocycles. The summed E-state index contributed by atoms with van der Waals surface area (Å²) < 4.78 is 0. The molecule has 0 atom stereocenters. The van der Waals surface area contributed by atoms with Crippen LogP contribution in [0.5, 0.6) is 0 Å². The minimum atomic E-state index is -0.328. The fourth-order valence-corrected chi connectivity index (χ4v) is 2.61. The van der Waals surface area contributed by atoms with Crippen LogP contribution in [-0.2, 0) is 6.42 Å². The fraction of sp³-hybridized carbons (Fsp3) is 0.333. The average molecular weight is 297 g/mol. The van der Waals surface area contributed by atoms with Crippen LogP contribution in [-0.4, -0.2) is 21.1 Å². The standard InChI is InChI=1S/C12H13ClN4OS/c1-7(2)6-9-16-17-12(19-9)15-11(18)8-4-3-5-14-10(8)13/h3-5,7H,6H2,1-2H3,(H,15,17,18). The van der Waals surface area contributed by atoms with E-state index in [1.54, 1.807) is 12.1 Å². The second kappa shape index (κ2) is 6.08. The van der Waals surface area contributed by atoms with E-state index in [4.69, 9.17) is 11.6 Å². The van der Waals surface area contributed by atoms with Crippen LogP contribution in [0.15, 0.2) is 18.3 Å². The number of nitrogens with one attached hydrogen (secondary N) is 1. The van der Waals surface area contributed by atoms with Gasteiger partial charge in [-0.05, 0) is 18.1 Å². The molecule has 0 aromatic carbocycles. The highest BCUT2D eigenvalue weighted by Crippen LogP contribution is 2.20. The summed E-state index contributed by atoms with van der Waals surface area (Å²) in [5.41, 5.74) is 0.324. The monoisotopic (exact) mass is 296 g/mol. The van der Waals surface area contributed by atoms with Crippen LogP contribution in [0.25, 0.3) is 0 Å².